The quantitative estimate of drug-likeness (QED) is 0.877. The lowest BCUT2D eigenvalue weighted by Crippen LogP contribution is -2.33. The molecule has 1 aliphatic rings. The fraction of sp³-hybridized carbons (Fsp3) is 0.400. The zero-order valence-electron chi connectivity index (χ0n) is 12.0. The summed E-state index contributed by atoms with van der Waals surface area (Å²) in [5.74, 6) is 1.30. The van der Waals surface area contributed by atoms with Gasteiger partial charge >= 0.3 is 0 Å². The van der Waals surface area contributed by atoms with E-state index in [2.05, 4.69) is 5.32 Å². The summed E-state index contributed by atoms with van der Waals surface area (Å²) in [6.07, 6.45) is 1.81. The molecule has 1 amide bonds. The number of anilines is 1. The minimum absolute atomic E-state index is 0.0727. The molecule has 0 radical (unpaired) electrons. The first kappa shape index (κ1) is 15.7. The smallest absolute Gasteiger partial charge is 0.238 e. The Balaban J connectivity index is 1.92. The van der Waals surface area contributed by atoms with Crippen molar-refractivity contribution in [1.29, 1.82) is 0 Å². The van der Waals surface area contributed by atoms with Crippen molar-refractivity contribution >= 4 is 23.2 Å². The molecule has 0 aromatic heterocycles. The summed E-state index contributed by atoms with van der Waals surface area (Å²) in [6.45, 7) is 4.81. The number of carbonyl (C=O) groups is 1. The lowest BCUT2D eigenvalue weighted by atomic mass is 10.2. The molecule has 0 atom stereocenters. The van der Waals surface area contributed by atoms with Gasteiger partial charge in [-0.05, 0) is 18.7 Å². The lowest BCUT2D eigenvalue weighted by Gasteiger charge is -2.20. The topological polar surface area (TPSA) is 50.8 Å². The molecular formula is C15H19ClN2O3. The fourth-order valence-electron chi connectivity index (χ4n) is 2.02. The molecule has 0 aliphatic carbocycles. The second-order valence-corrected chi connectivity index (χ2v) is 4.85. The Labute approximate surface area is 129 Å². The number of halogens is 1. The van der Waals surface area contributed by atoms with Gasteiger partial charge in [-0.2, -0.15) is 0 Å². The van der Waals surface area contributed by atoms with Crippen molar-refractivity contribution in [3.05, 3.63) is 29.8 Å². The molecule has 114 valence electrons. The van der Waals surface area contributed by atoms with Crippen molar-refractivity contribution in [3.63, 3.8) is 0 Å². The van der Waals surface area contributed by atoms with Crippen LogP contribution in [0, 0.1) is 0 Å². The number of carbonyl (C=O) groups excluding carboxylic acids is 1. The number of fused-ring (bicyclic) bond motifs is 1. The van der Waals surface area contributed by atoms with Crippen LogP contribution in [0.3, 0.4) is 0 Å². The maximum absolute atomic E-state index is 12.0. The van der Waals surface area contributed by atoms with Crippen molar-refractivity contribution in [3.8, 4) is 11.5 Å². The van der Waals surface area contributed by atoms with Gasteiger partial charge in [-0.25, -0.2) is 0 Å². The standard InChI is InChI=1S/C15H19ClN2O3/c1-2-18(7-3-6-16)11-15(19)17-12-4-5-13-14(10-12)21-9-8-20-13/h3-6,10H,2,7-9,11H2,1H3,(H,17,19)/b6-3+. The molecule has 0 spiro atoms. The summed E-state index contributed by atoms with van der Waals surface area (Å²) in [5.41, 5.74) is 2.16. The Kier molecular flexibility index (Phi) is 5.90. The van der Waals surface area contributed by atoms with Crippen LogP contribution in [-0.4, -0.2) is 43.7 Å². The van der Waals surface area contributed by atoms with E-state index >= 15 is 0 Å². The second kappa shape index (κ2) is 7.90. The molecular weight excluding hydrogens is 292 g/mol. The van der Waals surface area contributed by atoms with E-state index in [0.717, 1.165) is 6.54 Å². The number of hydrogen-bond donors (Lipinski definition) is 1. The zero-order chi connectivity index (χ0) is 15.1. The Morgan fingerprint density at radius 2 is 2.14 bits per heavy atom. The normalized spacial score (nSPS) is 13.7. The predicted molar refractivity (Wildman–Crippen MR) is 83.2 cm³/mol. The third-order valence-electron chi connectivity index (χ3n) is 3.09. The van der Waals surface area contributed by atoms with Gasteiger partial charge in [-0.1, -0.05) is 24.6 Å². The minimum atomic E-state index is -0.0727. The van der Waals surface area contributed by atoms with Crippen molar-refractivity contribution in [2.45, 2.75) is 6.92 Å². The van der Waals surface area contributed by atoms with Gasteiger partial charge in [0.15, 0.2) is 11.5 Å². The maximum atomic E-state index is 12.0. The van der Waals surface area contributed by atoms with Crippen LogP contribution in [-0.2, 0) is 4.79 Å². The number of nitrogens with zero attached hydrogens (tertiary/aromatic N) is 1. The van der Waals surface area contributed by atoms with Crippen molar-refractivity contribution < 1.29 is 14.3 Å². The van der Waals surface area contributed by atoms with E-state index in [0.29, 0.717) is 43.5 Å². The van der Waals surface area contributed by atoms with Crippen LogP contribution in [0.2, 0.25) is 0 Å². The predicted octanol–water partition coefficient (Wildman–Crippen LogP) is 2.47. The van der Waals surface area contributed by atoms with E-state index in [-0.39, 0.29) is 5.91 Å². The van der Waals surface area contributed by atoms with Gasteiger partial charge in [0.05, 0.1) is 6.54 Å². The van der Waals surface area contributed by atoms with E-state index in [1.165, 1.54) is 5.54 Å². The number of likely N-dealkylation sites (N-methyl/N-ethyl adjacent to an activating group) is 1. The molecule has 1 heterocycles. The molecule has 0 unspecified atom stereocenters. The van der Waals surface area contributed by atoms with Crippen LogP contribution in [0.5, 0.6) is 11.5 Å². The first-order chi connectivity index (χ1) is 10.2. The molecule has 21 heavy (non-hydrogen) atoms. The zero-order valence-corrected chi connectivity index (χ0v) is 12.7. The van der Waals surface area contributed by atoms with Gasteiger partial charge in [0.25, 0.3) is 0 Å². The van der Waals surface area contributed by atoms with Crippen molar-refractivity contribution in [1.82, 2.24) is 4.90 Å². The molecule has 1 aliphatic heterocycles. The van der Waals surface area contributed by atoms with Crippen LogP contribution >= 0.6 is 11.6 Å². The van der Waals surface area contributed by atoms with E-state index in [1.54, 1.807) is 18.2 Å². The summed E-state index contributed by atoms with van der Waals surface area (Å²) in [6, 6.07) is 5.39. The Bertz CT molecular complexity index is 520. The van der Waals surface area contributed by atoms with Crippen LogP contribution in [0.15, 0.2) is 29.8 Å². The Morgan fingerprint density at radius 1 is 1.38 bits per heavy atom. The van der Waals surface area contributed by atoms with Crippen LogP contribution < -0.4 is 14.8 Å². The van der Waals surface area contributed by atoms with Gasteiger partial charge in [-0.3, -0.25) is 9.69 Å². The summed E-state index contributed by atoms with van der Waals surface area (Å²) in [7, 11) is 0. The highest BCUT2D eigenvalue weighted by atomic mass is 35.5. The van der Waals surface area contributed by atoms with Gasteiger partial charge in [0, 0.05) is 23.8 Å². The third kappa shape index (κ3) is 4.65. The van der Waals surface area contributed by atoms with Crippen molar-refractivity contribution in [2.24, 2.45) is 0 Å². The highest BCUT2D eigenvalue weighted by molar-refractivity contribution is 6.25. The molecule has 1 aromatic carbocycles. The molecule has 1 aromatic rings. The third-order valence-corrected chi connectivity index (χ3v) is 3.27. The average molecular weight is 311 g/mol. The van der Waals surface area contributed by atoms with E-state index in [9.17, 15) is 4.79 Å². The van der Waals surface area contributed by atoms with Crippen molar-refractivity contribution in [2.75, 3.05) is 38.2 Å². The van der Waals surface area contributed by atoms with Crippen LogP contribution in [0.25, 0.3) is 0 Å². The highest BCUT2D eigenvalue weighted by Crippen LogP contribution is 2.32. The first-order valence-corrected chi connectivity index (χ1v) is 7.33. The summed E-state index contributed by atoms with van der Waals surface area (Å²) < 4.78 is 10.9. The van der Waals surface area contributed by atoms with Gasteiger partial charge in [0.2, 0.25) is 5.91 Å². The number of ether oxygens (including phenoxy) is 2. The number of rotatable bonds is 6. The van der Waals surface area contributed by atoms with Gasteiger partial charge < -0.3 is 14.8 Å². The Hall–Kier alpha value is -1.72. The number of nitrogens with one attached hydrogen (secondary N) is 1. The number of hydrogen-bond acceptors (Lipinski definition) is 4. The molecule has 0 fully saturated rings. The number of benzene rings is 1. The Morgan fingerprint density at radius 3 is 2.86 bits per heavy atom. The highest BCUT2D eigenvalue weighted by Gasteiger charge is 2.13. The van der Waals surface area contributed by atoms with Crippen LogP contribution in [0.4, 0.5) is 5.69 Å². The minimum Gasteiger partial charge on any atom is -0.486 e. The monoisotopic (exact) mass is 310 g/mol. The molecule has 0 saturated carbocycles. The van der Waals surface area contributed by atoms with Gasteiger partial charge in [-0.15, -0.1) is 0 Å². The SMILES string of the molecule is CCN(C/C=C/Cl)CC(=O)Nc1ccc2c(c1)OCCO2. The molecule has 0 saturated heterocycles. The second-order valence-electron chi connectivity index (χ2n) is 4.60. The van der Waals surface area contributed by atoms with E-state index < -0.39 is 0 Å². The van der Waals surface area contributed by atoms with Gasteiger partial charge in [0.1, 0.15) is 13.2 Å². The average Bonchev–Trinajstić information content (AvgIpc) is 2.51. The molecule has 5 nitrogen and oxygen atoms in total. The van der Waals surface area contributed by atoms with E-state index in [1.807, 2.05) is 17.9 Å². The first-order valence-electron chi connectivity index (χ1n) is 6.90. The summed E-state index contributed by atoms with van der Waals surface area (Å²) in [4.78, 5) is 14.0. The number of amides is 1. The largest absolute Gasteiger partial charge is 0.486 e. The summed E-state index contributed by atoms with van der Waals surface area (Å²) in [5, 5.41) is 2.86. The lowest BCUT2D eigenvalue weighted by molar-refractivity contribution is -0.117. The molecule has 1 N–H and O–H groups in total. The summed E-state index contributed by atoms with van der Waals surface area (Å²) >= 11 is 5.50. The maximum Gasteiger partial charge on any atom is 0.238 e. The molecule has 6 heteroatoms. The molecule has 0 bridgehead atoms. The van der Waals surface area contributed by atoms with E-state index in [4.69, 9.17) is 21.1 Å². The molecule has 2 rings (SSSR count). The fourth-order valence-corrected chi connectivity index (χ4v) is 2.10. The van der Waals surface area contributed by atoms with Crippen LogP contribution in [0.1, 0.15) is 6.92 Å².